The Morgan fingerprint density at radius 2 is 2.07 bits per heavy atom. The second kappa shape index (κ2) is 3.73. The first-order chi connectivity index (χ1) is 6.74. The normalized spacial score (nSPS) is 18.7. The van der Waals surface area contributed by atoms with Crippen LogP contribution in [0, 0.1) is 0 Å². The van der Waals surface area contributed by atoms with Crippen LogP contribution in [-0.2, 0) is 0 Å². The average molecular weight is 212 g/mol. The number of hydrogen-bond acceptors (Lipinski definition) is 3. The maximum absolute atomic E-state index is 5.71. The van der Waals surface area contributed by atoms with Crippen LogP contribution in [0.2, 0.25) is 5.02 Å². The van der Waals surface area contributed by atoms with Crippen LogP contribution in [-0.4, -0.2) is 15.5 Å². The van der Waals surface area contributed by atoms with Crippen LogP contribution in [0.3, 0.4) is 0 Å². The quantitative estimate of drug-likeness (QED) is 0.836. The van der Waals surface area contributed by atoms with Gasteiger partial charge in [0.1, 0.15) is 0 Å². The van der Waals surface area contributed by atoms with Crippen molar-refractivity contribution in [1.82, 2.24) is 9.97 Å². The lowest BCUT2D eigenvalue weighted by molar-refractivity contribution is 0.268. The van der Waals surface area contributed by atoms with E-state index in [9.17, 15) is 0 Å². The third kappa shape index (κ3) is 1.82. The van der Waals surface area contributed by atoms with E-state index in [0.717, 1.165) is 6.42 Å². The average Bonchev–Trinajstić information content (AvgIpc) is 2.15. The number of rotatable bonds is 3. The molecule has 0 aliphatic heterocycles. The van der Waals surface area contributed by atoms with Gasteiger partial charge in [0.05, 0.1) is 17.4 Å². The van der Waals surface area contributed by atoms with Gasteiger partial charge in [0.2, 0.25) is 5.95 Å². The molecule has 14 heavy (non-hydrogen) atoms. The molecule has 0 bridgehead atoms. The van der Waals surface area contributed by atoms with E-state index in [1.807, 2.05) is 0 Å². The maximum atomic E-state index is 5.71. The van der Waals surface area contributed by atoms with E-state index in [2.05, 4.69) is 22.2 Å². The maximum Gasteiger partial charge on any atom is 0.223 e. The van der Waals surface area contributed by atoms with Crippen LogP contribution < -0.4 is 5.32 Å². The molecule has 1 heterocycles. The number of hydrogen-bond donors (Lipinski definition) is 1. The van der Waals surface area contributed by atoms with Gasteiger partial charge in [-0.1, -0.05) is 18.5 Å². The molecule has 1 aliphatic rings. The first kappa shape index (κ1) is 9.71. The zero-order valence-corrected chi connectivity index (χ0v) is 9.01. The molecule has 1 aliphatic carbocycles. The van der Waals surface area contributed by atoms with Crippen molar-refractivity contribution < 1.29 is 0 Å². The Labute approximate surface area is 88.9 Å². The summed E-state index contributed by atoms with van der Waals surface area (Å²) >= 11 is 5.71. The van der Waals surface area contributed by atoms with E-state index in [1.54, 1.807) is 12.4 Å². The predicted octanol–water partition coefficient (Wildman–Crippen LogP) is 2.87. The second-order valence-electron chi connectivity index (χ2n) is 3.84. The molecule has 0 amide bonds. The third-order valence-corrected chi connectivity index (χ3v) is 3.18. The molecule has 1 fully saturated rings. The fourth-order valence-corrected chi connectivity index (χ4v) is 1.88. The molecule has 0 spiro atoms. The summed E-state index contributed by atoms with van der Waals surface area (Å²) in [4.78, 5) is 8.28. The minimum Gasteiger partial charge on any atom is -0.349 e. The van der Waals surface area contributed by atoms with Gasteiger partial charge in [0.25, 0.3) is 0 Å². The van der Waals surface area contributed by atoms with Crippen LogP contribution in [0.4, 0.5) is 5.95 Å². The van der Waals surface area contributed by atoms with Crippen LogP contribution in [0.1, 0.15) is 32.6 Å². The molecule has 1 aromatic heterocycles. The second-order valence-corrected chi connectivity index (χ2v) is 4.27. The molecular formula is C10H14ClN3. The molecule has 1 N–H and O–H groups in total. The standard InChI is InChI=1S/C10H14ClN3/c1-2-10(4-3-5-10)14-9-12-6-8(11)7-13-9/h6-7H,2-5H2,1H3,(H,12,13,14). The molecule has 76 valence electrons. The van der Waals surface area contributed by atoms with Gasteiger partial charge in [0.15, 0.2) is 0 Å². The fourth-order valence-electron chi connectivity index (χ4n) is 1.78. The Kier molecular flexibility index (Phi) is 2.59. The molecule has 0 radical (unpaired) electrons. The monoisotopic (exact) mass is 211 g/mol. The van der Waals surface area contributed by atoms with Gasteiger partial charge in [-0.2, -0.15) is 0 Å². The van der Waals surface area contributed by atoms with Gasteiger partial charge in [0, 0.05) is 5.54 Å². The number of anilines is 1. The number of aromatic nitrogens is 2. The molecule has 0 saturated heterocycles. The summed E-state index contributed by atoms with van der Waals surface area (Å²) in [7, 11) is 0. The van der Waals surface area contributed by atoms with Gasteiger partial charge in [-0.15, -0.1) is 0 Å². The van der Waals surface area contributed by atoms with Crippen molar-refractivity contribution >= 4 is 17.5 Å². The Balaban J connectivity index is 2.06. The van der Waals surface area contributed by atoms with Crippen LogP contribution in [0.5, 0.6) is 0 Å². The molecule has 3 nitrogen and oxygen atoms in total. The van der Waals surface area contributed by atoms with E-state index in [0.29, 0.717) is 11.0 Å². The largest absolute Gasteiger partial charge is 0.349 e. The summed E-state index contributed by atoms with van der Waals surface area (Å²) < 4.78 is 0. The lowest BCUT2D eigenvalue weighted by atomic mass is 9.75. The summed E-state index contributed by atoms with van der Waals surface area (Å²) in [6.45, 7) is 2.20. The molecule has 1 aromatic rings. The number of nitrogens with zero attached hydrogens (tertiary/aromatic N) is 2. The highest BCUT2D eigenvalue weighted by Crippen LogP contribution is 2.37. The van der Waals surface area contributed by atoms with Crippen molar-refractivity contribution in [2.45, 2.75) is 38.1 Å². The van der Waals surface area contributed by atoms with Crippen molar-refractivity contribution in [2.24, 2.45) is 0 Å². The molecular weight excluding hydrogens is 198 g/mol. The van der Waals surface area contributed by atoms with Crippen molar-refractivity contribution in [3.05, 3.63) is 17.4 Å². The van der Waals surface area contributed by atoms with Crippen LogP contribution in [0.15, 0.2) is 12.4 Å². The summed E-state index contributed by atoms with van der Waals surface area (Å²) in [5.74, 6) is 0.691. The lowest BCUT2D eigenvalue weighted by Crippen LogP contribution is -2.44. The van der Waals surface area contributed by atoms with E-state index in [4.69, 9.17) is 11.6 Å². The van der Waals surface area contributed by atoms with Gasteiger partial charge in [-0.25, -0.2) is 9.97 Å². The highest BCUT2D eigenvalue weighted by molar-refractivity contribution is 6.30. The SMILES string of the molecule is CCC1(Nc2ncc(Cl)cn2)CCC1. The van der Waals surface area contributed by atoms with Crippen LogP contribution >= 0.6 is 11.6 Å². The first-order valence-electron chi connectivity index (χ1n) is 5.00. The summed E-state index contributed by atoms with van der Waals surface area (Å²) in [6.07, 6.45) is 8.11. The van der Waals surface area contributed by atoms with E-state index in [-0.39, 0.29) is 5.54 Å². The molecule has 1 saturated carbocycles. The van der Waals surface area contributed by atoms with Gasteiger partial charge >= 0.3 is 0 Å². The first-order valence-corrected chi connectivity index (χ1v) is 5.38. The summed E-state index contributed by atoms with van der Waals surface area (Å²) in [6, 6.07) is 0. The Morgan fingerprint density at radius 1 is 1.43 bits per heavy atom. The highest BCUT2D eigenvalue weighted by Gasteiger charge is 2.35. The smallest absolute Gasteiger partial charge is 0.223 e. The topological polar surface area (TPSA) is 37.8 Å². The van der Waals surface area contributed by atoms with Gasteiger partial charge < -0.3 is 5.32 Å². The highest BCUT2D eigenvalue weighted by atomic mass is 35.5. The van der Waals surface area contributed by atoms with Gasteiger partial charge in [-0.05, 0) is 25.7 Å². The van der Waals surface area contributed by atoms with E-state index in [1.165, 1.54) is 19.3 Å². The zero-order valence-electron chi connectivity index (χ0n) is 8.26. The van der Waals surface area contributed by atoms with Crippen molar-refractivity contribution in [1.29, 1.82) is 0 Å². The lowest BCUT2D eigenvalue weighted by Gasteiger charge is -2.41. The third-order valence-electron chi connectivity index (χ3n) is 2.98. The minimum atomic E-state index is 0.244. The predicted molar refractivity (Wildman–Crippen MR) is 57.5 cm³/mol. The van der Waals surface area contributed by atoms with E-state index >= 15 is 0 Å². The molecule has 0 unspecified atom stereocenters. The Hall–Kier alpha value is -0.830. The van der Waals surface area contributed by atoms with E-state index < -0.39 is 0 Å². The van der Waals surface area contributed by atoms with Crippen molar-refractivity contribution in [3.63, 3.8) is 0 Å². The molecule has 0 aromatic carbocycles. The van der Waals surface area contributed by atoms with Crippen LogP contribution in [0.25, 0.3) is 0 Å². The Bertz CT molecular complexity index is 300. The number of halogens is 1. The number of nitrogens with one attached hydrogen (secondary N) is 1. The summed E-state index contributed by atoms with van der Waals surface area (Å²) in [5.41, 5.74) is 0.244. The Morgan fingerprint density at radius 3 is 2.50 bits per heavy atom. The zero-order chi connectivity index (χ0) is 10.0. The molecule has 2 rings (SSSR count). The summed E-state index contributed by atoms with van der Waals surface area (Å²) in [5, 5.41) is 3.97. The molecule has 4 heteroatoms. The fraction of sp³-hybridized carbons (Fsp3) is 0.600. The molecule has 0 atom stereocenters. The minimum absolute atomic E-state index is 0.244. The van der Waals surface area contributed by atoms with Gasteiger partial charge in [-0.3, -0.25) is 0 Å². The van der Waals surface area contributed by atoms with Crippen molar-refractivity contribution in [2.75, 3.05) is 5.32 Å². The van der Waals surface area contributed by atoms with Crippen molar-refractivity contribution in [3.8, 4) is 0 Å².